The molecule has 1 aromatic rings. The zero-order chi connectivity index (χ0) is 16.6. The van der Waals surface area contributed by atoms with Crippen LogP contribution in [0.15, 0.2) is 36.4 Å². The quantitative estimate of drug-likeness (QED) is 0.589. The van der Waals surface area contributed by atoms with E-state index >= 15 is 0 Å². The molecule has 1 aromatic carbocycles. The SMILES string of the molecule is C[C@@]12C=C[C@@H](O1)[C@H]1C(=O)N(c3ccccc3C(F)(F)F)C(=O)[C@H]12. The second-order valence-corrected chi connectivity index (χ2v) is 6.16. The summed E-state index contributed by atoms with van der Waals surface area (Å²) in [6.07, 6.45) is -1.79. The van der Waals surface area contributed by atoms with Crippen molar-refractivity contribution in [3.8, 4) is 0 Å². The van der Waals surface area contributed by atoms with Gasteiger partial charge in [0.1, 0.15) is 0 Å². The lowest BCUT2D eigenvalue weighted by Gasteiger charge is -2.25. The number of carbonyl (C=O) groups is 2. The monoisotopic (exact) mass is 323 g/mol. The molecular weight excluding hydrogens is 311 g/mol. The van der Waals surface area contributed by atoms with Gasteiger partial charge in [0.2, 0.25) is 11.8 Å². The topological polar surface area (TPSA) is 46.6 Å². The number of imide groups is 1. The zero-order valence-corrected chi connectivity index (χ0v) is 12.0. The highest BCUT2D eigenvalue weighted by Gasteiger charge is 2.66. The average molecular weight is 323 g/mol. The molecule has 3 aliphatic rings. The molecule has 0 radical (unpaired) electrons. The number of alkyl halides is 3. The number of ether oxygens (including phenoxy) is 1. The number of hydrogen-bond acceptors (Lipinski definition) is 3. The van der Waals surface area contributed by atoms with Crippen LogP contribution in [0.1, 0.15) is 12.5 Å². The predicted molar refractivity (Wildman–Crippen MR) is 73.3 cm³/mol. The molecule has 120 valence electrons. The molecule has 3 heterocycles. The van der Waals surface area contributed by atoms with Gasteiger partial charge in [-0.15, -0.1) is 0 Å². The molecule has 0 aromatic heterocycles. The van der Waals surface area contributed by atoms with E-state index in [4.69, 9.17) is 4.74 Å². The largest absolute Gasteiger partial charge is 0.418 e. The van der Waals surface area contributed by atoms with Crippen molar-refractivity contribution in [2.24, 2.45) is 11.8 Å². The Morgan fingerprint density at radius 3 is 2.52 bits per heavy atom. The van der Waals surface area contributed by atoms with Crippen molar-refractivity contribution in [2.75, 3.05) is 4.90 Å². The normalized spacial score (nSPS) is 35.3. The third kappa shape index (κ3) is 1.77. The number of halogens is 3. The van der Waals surface area contributed by atoms with Crippen LogP contribution < -0.4 is 4.90 Å². The molecule has 3 aliphatic heterocycles. The lowest BCUT2D eigenvalue weighted by Crippen LogP contribution is -2.39. The molecule has 2 amide bonds. The van der Waals surface area contributed by atoms with E-state index in [9.17, 15) is 22.8 Å². The van der Waals surface area contributed by atoms with E-state index in [1.54, 1.807) is 19.1 Å². The summed E-state index contributed by atoms with van der Waals surface area (Å²) in [6, 6.07) is 4.63. The summed E-state index contributed by atoms with van der Waals surface area (Å²) in [5, 5.41) is 0. The molecule has 2 bridgehead atoms. The van der Waals surface area contributed by atoms with E-state index in [2.05, 4.69) is 0 Å². The maximum atomic E-state index is 13.2. The van der Waals surface area contributed by atoms with Gasteiger partial charge in [-0.05, 0) is 19.1 Å². The number of carbonyl (C=O) groups excluding carboxylic acids is 2. The minimum absolute atomic E-state index is 0.410. The number of rotatable bonds is 1. The van der Waals surface area contributed by atoms with Gasteiger partial charge in [0.25, 0.3) is 0 Å². The number of fused-ring (bicyclic) bond motifs is 5. The van der Waals surface area contributed by atoms with Crippen molar-refractivity contribution in [3.63, 3.8) is 0 Å². The second-order valence-electron chi connectivity index (χ2n) is 6.16. The van der Waals surface area contributed by atoms with Crippen LogP contribution in [0.25, 0.3) is 0 Å². The van der Waals surface area contributed by atoms with Crippen molar-refractivity contribution in [1.29, 1.82) is 0 Å². The van der Waals surface area contributed by atoms with Gasteiger partial charge in [-0.3, -0.25) is 9.59 Å². The summed E-state index contributed by atoms with van der Waals surface area (Å²) in [7, 11) is 0. The highest BCUT2D eigenvalue weighted by molar-refractivity contribution is 6.23. The molecular formula is C16H12F3NO3. The van der Waals surface area contributed by atoms with E-state index < -0.39 is 52.8 Å². The standard InChI is InChI=1S/C16H12F3NO3/c1-15-7-6-10(23-15)11-12(15)14(22)20(13(11)21)9-5-3-2-4-8(9)16(17,18)19/h2-7,10-12H,1H3/t10-,11-,12+,15+/m1/s1. The molecule has 0 N–H and O–H groups in total. The molecule has 2 fully saturated rings. The summed E-state index contributed by atoms with van der Waals surface area (Å²) >= 11 is 0. The molecule has 23 heavy (non-hydrogen) atoms. The van der Waals surface area contributed by atoms with Crippen molar-refractivity contribution in [1.82, 2.24) is 0 Å². The van der Waals surface area contributed by atoms with Crippen molar-refractivity contribution >= 4 is 17.5 Å². The molecule has 0 saturated carbocycles. The Balaban J connectivity index is 1.82. The fourth-order valence-electron chi connectivity index (χ4n) is 3.80. The van der Waals surface area contributed by atoms with Crippen LogP contribution in [0.3, 0.4) is 0 Å². The maximum absolute atomic E-state index is 13.2. The van der Waals surface area contributed by atoms with Gasteiger partial charge < -0.3 is 4.74 Å². The third-order valence-electron chi connectivity index (χ3n) is 4.78. The summed E-state index contributed by atoms with van der Waals surface area (Å²) in [5.74, 6) is -2.79. The van der Waals surface area contributed by atoms with Crippen LogP contribution in [0, 0.1) is 11.8 Å². The lowest BCUT2D eigenvalue weighted by atomic mass is 9.78. The van der Waals surface area contributed by atoms with Crippen molar-refractivity contribution in [2.45, 2.75) is 24.8 Å². The Morgan fingerprint density at radius 1 is 1.17 bits per heavy atom. The van der Waals surface area contributed by atoms with Gasteiger partial charge in [0.15, 0.2) is 0 Å². The Bertz CT molecular complexity index is 757. The first-order chi connectivity index (χ1) is 10.7. The summed E-state index contributed by atoms with van der Waals surface area (Å²) in [4.78, 5) is 26.0. The molecule has 4 atom stereocenters. The fourth-order valence-corrected chi connectivity index (χ4v) is 3.80. The predicted octanol–water partition coefficient (Wildman–Crippen LogP) is 2.54. The molecule has 4 rings (SSSR count). The Labute approximate surface area is 129 Å². The first-order valence-corrected chi connectivity index (χ1v) is 7.15. The first-order valence-electron chi connectivity index (χ1n) is 7.15. The van der Waals surface area contributed by atoms with Crippen LogP contribution in [0.4, 0.5) is 18.9 Å². The number of benzene rings is 1. The Hall–Kier alpha value is -2.15. The van der Waals surface area contributed by atoms with Crippen LogP contribution in [0.5, 0.6) is 0 Å². The molecule has 0 aliphatic carbocycles. The lowest BCUT2D eigenvalue weighted by molar-refractivity contribution is -0.137. The molecule has 4 nitrogen and oxygen atoms in total. The van der Waals surface area contributed by atoms with Gasteiger partial charge in [-0.25, -0.2) is 4.90 Å². The van der Waals surface area contributed by atoms with E-state index in [0.717, 1.165) is 12.1 Å². The van der Waals surface area contributed by atoms with Crippen molar-refractivity contribution < 1.29 is 27.5 Å². The van der Waals surface area contributed by atoms with Crippen LogP contribution in [-0.4, -0.2) is 23.5 Å². The minimum atomic E-state index is -4.65. The third-order valence-corrected chi connectivity index (χ3v) is 4.78. The smallest absolute Gasteiger partial charge is 0.362 e. The van der Waals surface area contributed by atoms with E-state index in [1.807, 2.05) is 0 Å². The maximum Gasteiger partial charge on any atom is 0.418 e. The van der Waals surface area contributed by atoms with Crippen LogP contribution in [0.2, 0.25) is 0 Å². The summed E-state index contributed by atoms with van der Waals surface area (Å²) in [6.45, 7) is 1.68. The number of hydrogen-bond donors (Lipinski definition) is 0. The number of nitrogens with zero attached hydrogens (tertiary/aromatic N) is 1. The molecule has 7 heteroatoms. The fraction of sp³-hybridized carbons (Fsp3) is 0.375. The van der Waals surface area contributed by atoms with Gasteiger partial charge in [-0.1, -0.05) is 24.3 Å². The molecule has 0 unspecified atom stereocenters. The zero-order valence-electron chi connectivity index (χ0n) is 12.0. The van der Waals surface area contributed by atoms with Gasteiger partial charge in [0.05, 0.1) is 34.8 Å². The highest BCUT2D eigenvalue weighted by Crippen LogP contribution is 2.53. The van der Waals surface area contributed by atoms with Gasteiger partial charge in [-0.2, -0.15) is 13.2 Å². The van der Waals surface area contributed by atoms with Crippen LogP contribution >= 0.6 is 0 Å². The van der Waals surface area contributed by atoms with Gasteiger partial charge in [0, 0.05) is 0 Å². The molecule has 0 spiro atoms. The van der Waals surface area contributed by atoms with Crippen LogP contribution in [-0.2, 0) is 20.5 Å². The number of anilines is 1. The van der Waals surface area contributed by atoms with E-state index in [-0.39, 0.29) is 0 Å². The first kappa shape index (κ1) is 14.4. The highest BCUT2D eigenvalue weighted by atomic mass is 19.4. The van der Waals surface area contributed by atoms with Crippen molar-refractivity contribution in [3.05, 3.63) is 42.0 Å². The van der Waals surface area contributed by atoms with Gasteiger partial charge >= 0.3 is 6.18 Å². The second kappa shape index (κ2) is 4.23. The molecule has 2 saturated heterocycles. The summed E-state index contributed by atoms with van der Waals surface area (Å²) < 4.78 is 45.3. The van der Waals surface area contributed by atoms with E-state index in [1.165, 1.54) is 12.1 Å². The average Bonchev–Trinajstić information content (AvgIpc) is 3.07. The minimum Gasteiger partial charge on any atom is -0.362 e. The number of para-hydroxylation sites is 1. The van der Waals surface area contributed by atoms with E-state index in [0.29, 0.717) is 4.90 Å². The number of amides is 2. The summed E-state index contributed by atoms with van der Waals surface area (Å²) in [5.41, 5.74) is -2.33. The Morgan fingerprint density at radius 2 is 1.87 bits per heavy atom. The Kier molecular flexibility index (Phi) is 2.65.